The zero-order valence-electron chi connectivity index (χ0n) is 17.8. The van der Waals surface area contributed by atoms with E-state index in [1.54, 1.807) is 42.5 Å². The lowest BCUT2D eigenvalue weighted by atomic mass is 10.2. The van der Waals surface area contributed by atoms with E-state index in [2.05, 4.69) is 15.0 Å². The molecule has 4 aromatic rings. The van der Waals surface area contributed by atoms with E-state index >= 15 is 0 Å². The topological polar surface area (TPSA) is 126 Å². The first-order valence-electron chi connectivity index (χ1n) is 10.4. The third-order valence-electron chi connectivity index (χ3n) is 5.66. The summed E-state index contributed by atoms with van der Waals surface area (Å²) in [6.07, 6.45) is 4.21. The number of hydrogen-bond donors (Lipinski definition) is 1. The highest BCUT2D eigenvalue weighted by atomic mass is 35.5. The van der Waals surface area contributed by atoms with Crippen molar-refractivity contribution in [3.05, 3.63) is 77.1 Å². The Morgan fingerprint density at radius 3 is 2.50 bits per heavy atom. The summed E-state index contributed by atoms with van der Waals surface area (Å²) in [4.78, 5) is 25.5. The van der Waals surface area contributed by atoms with Crippen LogP contribution in [0.2, 0.25) is 5.02 Å². The predicted octanol–water partition coefficient (Wildman–Crippen LogP) is 2.06. The molecule has 0 aliphatic carbocycles. The Balaban J connectivity index is 1.27. The van der Waals surface area contributed by atoms with Crippen molar-refractivity contribution in [1.82, 2.24) is 24.2 Å². The van der Waals surface area contributed by atoms with Crippen molar-refractivity contribution in [3.63, 3.8) is 0 Å². The maximum atomic E-state index is 13.1. The molecule has 0 radical (unpaired) electrons. The molecular weight excluding hydrogens is 480 g/mol. The number of H-pyrrole nitrogens is 1. The second kappa shape index (κ2) is 8.67. The molecule has 1 saturated heterocycles. The van der Waals surface area contributed by atoms with Crippen molar-refractivity contribution in [2.24, 2.45) is 0 Å². The van der Waals surface area contributed by atoms with Crippen LogP contribution in [0.1, 0.15) is 10.6 Å². The van der Waals surface area contributed by atoms with E-state index in [0.717, 1.165) is 0 Å². The smallest absolute Gasteiger partial charge is 0.291 e. The molecule has 0 atom stereocenters. The molecule has 1 aliphatic rings. The van der Waals surface area contributed by atoms with Gasteiger partial charge in [0.15, 0.2) is 6.20 Å². The van der Waals surface area contributed by atoms with E-state index in [9.17, 15) is 18.4 Å². The van der Waals surface area contributed by atoms with E-state index < -0.39 is 15.9 Å². The molecule has 10 nitrogen and oxygen atoms in total. The Bertz CT molecular complexity index is 1480. The van der Waals surface area contributed by atoms with Gasteiger partial charge in [0.2, 0.25) is 11.5 Å². The molecule has 0 bridgehead atoms. The van der Waals surface area contributed by atoms with Crippen LogP contribution in [0.4, 0.5) is 0 Å². The van der Waals surface area contributed by atoms with Gasteiger partial charge in [-0.3, -0.25) is 4.79 Å². The van der Waals surface area contributed by atoms with Gasteiger partial charge in [0.25, 0.3) is 15.9 Å². The predicted molar refractivity (Wildman–Crippen MR) is 124 cm³/mol. The number of halogens is 1. The maximum Gasteiger partial charge on any atom is 0.291 e. The Morgan fingerprint density at radius 2 is 1.79 bits per heavy atom. The lowest BCUT2D eigenvalue weighted by Gasteiger charge is -2.33. The van der Waals surface area contributed by atoms with Crippen molar-refractivity contribution >= 4 is 38.4 Å². The van der Waals surface area contributed by atoms with Gasteiger partial charge in [-0.15, -0.1) is 0 Å². The summed E-state index contributed by atoms with van der Waals surface area (Å²) in [6, 6.07) is 11.6. The molecular formula is C22H19ClN6O4S. The third-order valence-corrected chi connectivity index (χ3v) is 7.72. The van der Waals surface area contributed by atoms with Gasteiger partial charge >= 0.3 is 0 Å². The highest BCUT2D eigenvalue weighted by Gasteiger charge is 2.32. The molecule has 12 heteroatoms. The van der Waals surface area contributed by atoms with E-state index in [-0.39, 0.29) is 37.0 Å². The lowest BCUT2D eigenvalue weighted by Crippen LogP contribution is -2.50. The monoisotopic (exact) mass is 498 g/mol. The van der Waals surface area contributed by atoms with Crippen LogP contribution in [-0.2, 0) is 10.0 Å². The third kappa shape index (κ3) is 4.09. The van der Waals surface area contributed by atoms with Crippen molar-refractivity contribution in [2.75, 3.05) is 26.2 Å². The number of carbonyl (C=O) groups excluding carboxylic acids is 1. The summed E-state index contributed by atoms with van der Waals surface area (Å²) in [7, 11) is -3.76. The number of aromatic nitrogens is 4. The first-order valence-corrected chi connectivity index (χ1v) is 12.2. The average Bonchev–Trinajstić information content (AvgIpc) is 3.28. The Kier molecular flexibility index (Phi) is 5.68. The van der Waals surface area contributed by atoms with Crippen molar-refractivity contribution < 1.29 is 17.9 Å². The first-order chi connectivity index (χ1) is 16.3. The summed E-state index contributed by atoms with van der Waals surface area (Å²) in [5.74, 6) is -0.409. The van der Waals surface area contributed by atoms with Crippen LogP contribution in [0.5, 0.6) is 0 Å². The van der Waals surface area contributed by atoms with Gasteiger partial charge in [-0.05, 0) is 30.3 Å². The molecule has 0 unspecified atom stereocenters. The van der Waals surface area contributed by atoms with Gasteiger partial charge in [0.1, 0.15) is 5.03 Å². The number of amides is 1. The van der Waals surface area contributed by atoms with Gasteiger partial charge in [-0.2, -0.15) is 9.04 Å². The number of nitrogens with one attached hydrogen (secondary N) is 1. The molecule has 1 aliphatic heterocycles. The SMILES string of the molecule is O=C(c1ncc(-c2cccc[n+]2[O-])cn1)N1CCN(S(=O)(=O)c2cc3cc(Cl)ccc3[nH]2)CC1. The minimum Gasteiger partial charge on any atom is -0.618 e. The molecule has 0 saturated carbocycles. The minimum atomic E-state index is -3.76. The summed E-state index contributed by atoms with van der Waals surface area (Å²) in [5.41, 5.74) is 1.54. The molecule has 1 aromatic carbocycles. The van der Waals surface area contributed by atoms with Gasteiger partial charge in [-0.25, -0.2) is 18.4 Å². The number of benzene rings is 1. The average molecular weight is 499 g/mol. The quantitative estimate of drug-likeness (QED) is 0.339. The first kappa shape index (κ1) is 22.3. The summed E-state index contributed by atoms with van der Waals surface area (Å²) in [5, 5.41) is 13.2. The maximum absolute atomic E-state index is 13.1. The number of piperazine rings is 1. The van der Waals surface area contributed by atoms with Crippen LogP contribution >= 0.6 is 11.6 Å². The van der Waals surface area contributed by atoms with Crippen LogP contribution in [0.3, 0.4) is 0 Å². The van der Waals surface area contributed by atoms with E-state index in [1.165, 1.54) is 27.8 Å². The molecule has 1 N–H and O–H groups in total. The summed E-state index contributed by atoms with van der Waals surface area (Å²) >= 11 is 6.00. The fourth-order valence-electron chi connectivity index (χ4n) is 3.85. The normalized spacial score (nSPS) is 15.0. The largest absolute Gasteiger partial charge is 0.618 e. The van der Waals surface area contributed by atoms with Gasteiger partial charge in [-0.1, -0.05) is 11.6 Å². The number of aromatic amines is 1. The number of rotatable bonds is 4. The number of carbonyl (C=O) groups is 1. The van der Waals surface area contributed by atoms with Crippen LogP contribution in [0, 0.1) is 5.21 Å². The fourth-order valence-corrected chi connectivity index (χ4v) is 5.47. The van der Waals surface area contributed by atoms with E-state index in [0.29, 0.717) is 31.9 Å². The standard InChI is InChI=1S/C22H19ClN6O4S/c23-17-4-5-18-15(11-17)12-20(26-18)34(32,33)28-9-7-27(8-10-28)22(30)21-24-13-16(14-25-21)19-3-1-2-6-29(19)31/h1-6,11-14,26H,7-10H2. The van der Waals surface area contributed by atoms with Gasteiger partial charge in [0.05, 0.1) is 5.56 Å². The Morgan fingerprint density at radius 1 is 1.06 bits per heavy atom. The summed E-state index contributed by atoms with van der Waals surface area (Å²) in [6.45, 7) is 0.688. The van der Waals surface area contributed by atoms with Crippen LogP contribution in [-0.4, -0.2) is 64.7 Å². The fraction of sp³-hybridized carbons (Fsp3) is 0.182. The zero-order valence-corrected chi connectivity index (χ0v) is 19.3. The van der Waals surface area contributed by atoms with E-state index in [1.807, 2.05) is 0 Å². The zero-order chi connectivity index (χ0) is 23.9. The molecule has 0 spiro atoms. The van der Waals surface area contributed by atoms with Crippen LogP contribution < -0.4 is 4.73 Å². The number of sulfonamides is 1. The van der Waals surface area contributed by atoms with Crippen molar-refractivity contribution in [2.45, 2.75) is 5.03 Å². The lowest BCUT2D eigenvalue weighted by molar-refractivity contribution is -0.593. The second-order valence-electron chi connectivity index (χ2n) is 7.77. The summed E-state index contributed by atoms with van der Waals surface area (Å²) < 4.78 is 28.2. The highest BCUT2D eigenvalue weighted by Crippen LogP contribution is 2.25. The molecule has 34 heavy (non-hydrogen) atoms. The minimum absolute atomic E-state index is 0.0130. The molecule has 1 amide bonds. The molecule has 174 valence electrons. The van der Waals surface area contributed by atoms with Crippen LogP contribution in [0.15, 0.2) is 66.1 Å². The van der Waals surface area contributed by atoms with Gasteiger partial charge in [0, 0.05) is 66.6 Å². The number of fused-ring (bicyclic) bond motifs is 1. The number of nitrogens with zero attached hydrogens (tertiary/aromatic N) is 5. The molecule has 1 fully saturated rings. The molecule has 3 aromatic heterocycles. The van der Waals surface area contributed by atoms with E-state index in [4.69, 9.17) is 11.6 Å². The van der Waals surface area contributed by atoms with Crippen LogP contribution in [0.25, 0.3) is 22.2 Å². The Hall–Kier alpha value is -3.54. The number of hydrogen-bond acceptors (Lipinski definition) is 6. The second-order valence-corrected chi connectivity index (χ2v) is 10.1. The van der Waals surface area contributed by atoms with Gasteiger partial charge < -0.3 is 15.1 Å². The molecule has 4 heterocycles. The highest BCUT2D eigenvalue weighted by molar-refractivity contribution is 7.89. The van der Waals surface area contributed by atoms with Crippen molar-refractivity contribution in [1.29, 1.82) is 0 Å². The van der Waals surface area contributed by atoms with Crippen molar-refractivity contribution in [3.8, 4) is 11.3 Å². The number of pyridine rings is 1. The molecule has 5 rings (SSSR count). The Labute approximate surface area is 200 Å².